The molecule has 1 atom stereocenters. The molecule has 2 aromatic carbocycles. The summed E-state index contributed by atoms with van der Waals surface area (Å²) in [5.41, 5.74) is 2.53. The zero-order valence-electron chi connectivity index (χ0n) is 15.8. The van der Waals surface area contributed by atoms with Crippen molar-refractivity contribution in [2.24, 2.45) is 0 Å². The lowest BCUT2D eigenvalue weighted by Crippen LogP contribution is -2.29. The first-order valence-corrected chi connectivity index (χ1v) is 9.81. The van der Waals surface area contributed by atoms with Crippen LogP contribution in [0.4, 0.5) is 4.79 Å². The van der Waals surface area contributed by atoms with Crippen molar-refractivity contribution >= 4 is 6.09 Å². The SMILES string of the molecule is CCCCOC(=O)NC(CCCCCc1ccccc1)c1ccccc1. The Morgan fingerprint density at radius 3 is 2.31 bits per heavy atom. The van der Waals surface area contributed by atoms with E-state index in [1.54, 1.807) is 0 Å². The molecule has 1 N–H and O–H groups in total. The van der Waals surface area contributed by atoms with Gasteiger partial charge in [-0.2, -0.15) is 0 Å². The molecule has 0 fully saturated rings. The van der Waals surface area contributed by atoms with Crippen LogP contribution in [-0.2, 0) is 11.2 Å². The molecule has 1 amide bonds. The van der Waals surface area contributed by atoms with Crippen molar-refractivity contribution in [3.63, 3.8) is 0 Å². The summed E-state index contributed by atoms with van der Waals surface area (Å²) in [5, 5.41) is 3.04. The van der Waals surface area contributed by atoms with Crippen molar-refractivity contribution in [2.45, 2.75) is 57.9 Å². The maximum Gasteiger partial charge on any atom is 0.407 e. The average Bonchev–Trinajstić information content (AvgIpc) is 2.68. The Morgan fingerprint density at radius 2 is 1.62 bits per heavy atom. The van der Waals surface area contributed by atoms with Gasteiger partial charge in [0.25, 0.3) is 0 Å². The summed E-state index contributed by atoms with van der Waals surface area (Å²) < 4.78 is 5.27. The molecule has 26 heavy (non-hydrogen) atoms. The van der Waals surface area contributed by atoms with Gasteiger partial charge in [-0.05, 0) is 36.8 Å². The van der Waals surface area contributed by atoms with Gasteiger partial charge in [0.1, 0.15) is 0 Å². The number of alkyl carbamates (subject to hydrolysis) is 1. The van der Waals surface area contributed by atoms with E-state index in [0.29, 0.717) is 6.61 Å². The third-order valence-corrected chi connectivity index (χ3v) is 4.53. The van der Waals surface area contributed by atoms with E-state index < -0.39 is 0 Å². The Balaban J connectivity index is 1.77. The molecule has 0 bridgehead atoms. The van der Waals surface area contributed by atoms with Crippen LogP contribution in [0, 0.1) is 0 Å². The van der Waals surface area contributed by atoms with E-state index in [1.807, 2.05) is 18.2 Å². The summed E-state index contributed by atoms with van der Waals surface area (Å²) in [5.74, 6) is 0. The number of carbonyl (C=O) groups excluding carboxylic acids is 1. The van der Waals surface area contributed by atoms with Crippen LogP contribution in [0.15, 0.2) is 60.7 Å². The van der Waals surface area contributed by atoms with Crippen molar-refractivity contribution in [1.29, 1.82) is 0 Å². The Morgan fingerprint density at radius 1 is 0.923 bits per heavy atom. The minimum Gasteiger partial charge on any atom is -0.450 e. The predicted molar refractivity (Wildman–Crippen MR) is 107 cm³/mol. The number of carbonyl (C=O) groups is 1. The normalized spacial score (nSPS) is 11.7. The van der Waals surface area contributed by atoms with Crippen LogP contribution < -0.4 is 5.32 Å². The molecule has 0 aromatic heterocycles. The summed E-state index contributed by atoms with van der Waals surface area (Å²) in [4.78, 5) is 12.0. The molecule has 3 heteroatoms. The second kappa shape index (κ2) is 12.1. The van der Waals surface area contributed by atoms with Crippen LogP contribution in [0.25, 0.3) is 0 Å². The Labute approximate surface area is 157 Å². The van der Waals surface area contributed by atoms with Crippen LogP contribution in [0.5, 0.6) is 0 Å². The number of rotatable bonds is 11. The molecule has 0 saturated carbocycles. The molecule has 0 saturated heterocycles. The Bertz CT molecular complexity index is 613. The molecule has 0 aliphatic heterocycles. The molecule has 0 aliphatic carbocycles. The monoisotopic (exact) mass is 353 g/mol. The molecule has 0 heterocycles. The van der Waals surface area contributed by atoms with Gasteiger partial charge in [-0.15, -0.1) is 0 Å². The van der Waals surface area contributed by atoms with Crippen molar-refractivity contribution < 1.29 is 9.53 Å². The Kier molecular flexibility index (Phi) is 9.34. The van der Waals surface area contributed by atoms with Crippen molar-refractivity contribution in [3.8, 4) is 0 Å². The number of unbranched alkanes of at least 4 members (excludes halogenated alkanes) is 3. The largest absolute Gasteiger partial charge is 0.450 e. The minimum absolute atomic E-state index is 0.0158. The highest BCUT2D eigenvalue weighted by Gasteiger charge is 2.14. The van der Waals surface area contributed by atoms with E-state index in [9.17, 15) is 4.79 Å². The fraction of sp³-hybridized carbons (Fsp3) is 0.435. The molecule has 2 aromatic rings. The topological polar surface area (TPSA) is 38.3 Å². The molecule has 0 aliphatic rings. The number of benzene rings is 2. The van der Waals surface area contributed by atoms with Gasteiger partial charge in [-0.25, -0.2) is 4.79 Å². The molecule has 140 valence electrons. The first kappa shape index (κ1) is 20.0. The lowest BCUT2D eigenvalue weighted by Gasteiger charge is -2.19. The van der Waals surface area contributed by atoms with Gasteiger partial charge < -0.3 is 10.1 Å². The first-order chi connectivity index (χ1) is 12.8. The standard InChI is InChI=1S/C23H31NO2/c1-2-3-19-26-23(25)24-22(21-16-10-6-11-17-21)18-12-5-9-15-20-13-7-4-8-14-20/h4,6-8,10-11,13-14,16-17,22H,2-3,5,9,12,15,18-19H2,1H3,(H,24,25). The van der Waals surface area contributed by atoms with Gasteiger partial charge in [-0.1, -0.05) is 86.8 Å². The molecule has 2 rings (SSSR count). The highest BCUT2D eigenvalue weighted by Crippen LogP contribution is 2.20. The van der Waals surface area contributed by atoms with E-state index >= 15 is 0 Å². The van der Waals surface area contributed by atoms with E-state index in [4.69, 9.17) is 4.74 Å². The molecule has 1 unspecified atom stereocenters. The van der Waals surface area contributed by atoms with Gasteiger partial charge in [0.15, 0.2) is 0 Å². The summed E-state index contributed by atoms with van der Waals surface area (Å²) in [6.45, 7) is 2.57. The lowest BCUT2D eigenvalue weighted by molar-refractivity contribution is 0.140. The third kappa shape index (κ3) is 7.73. The second-order valence-corrected chi connectivity index (χ2v) is 6.68. The fourth-order valence-corrected chi connectivity index (χ4v) is 3.00. The van der Waals surface area contributed by atoms with Crippen LogP contribution in [-0.4, -0.2) is 12.7 Å². The highest BCUT2D eigenvalue weighted by molar-refractivity contribution is 5.67. The number of nitrogens with one attached hydrogen (secondary N) is 1. The number of hydrogen-bond acceptors (Lipinski definition) is 2. The van der Waals surface area contributed by atoms with Crippen molar-refractivity contribution in [3.05, 3.63) is 71.8 Å². The average molecular weight is 354 g/mol. The number of ether oxygens (including phenoxy) is 1. The van der Waals surface area contributed by atoms with E-state index in [0.717, 1.165) is 44.1 Å². The van der Waals surface area contributed by atoms with Crippen LogP contribution in [0.2, 0.25) is 0 Å². The molecule has 0 radical (unpaired) electrons. The lowest BCUT2D eigenvalue weighted by atomic mass is 9.99. The maximum atomic E-state index is 12.0. The van der Waals surface area contributed by atoms with Crippen molar-refractivity contribution in [2.75, 3.05) is 6.61 Å². The van der Waals surface area contributed by atoms with E-state index in [2.05, 4.69) is 54.7 Å². The van der Waals surface area contributed by atoms with Crippen LogP contribution in [0.1, 0.15) is 62.6 Å². The van der Waals surface area contributed by atoms with Gasteiger partial charge >= 0.3 is 6.09 Å². The predicted octanol–water partition coefficient (Wildman–Crippen LogP) is 6.06. The number of hydrogen-bond donors (Lipinski definition) is 1. The summed E-state index contributed by atoms with van der Waals surface area (Å²) >= 11 is 0. The first-order valence-electron chi connectivity index (χ1n) is 9.81. The smallest absolute Gasteiger partial charge is 0.407 e. The van der Waals surface area contributed by atoms with Gasteiger partial charge in [0, 0.05) is 0 Å². The molecular weight excluding hydrogens is 322 g/mol. The van der Waals surface area contributed by atoms with Crippen molar-refractivity contribution in [1.82, 2.24) is 5.32 Å². The van der Waals surface area contributed by atoms with E-state index in [-0.39, 0.29) is 12.1 Å². The second-order valence-electron chi connectivity index (χ2n) is 6.68. The summed E-state index contributed by atoms with van der Waals surface area (Å²) in [7, 11) is 0. The quantitative estimate of drug-likeness (QED) is 0.499. The van der Waals surface area contributed by atoms with E-state index in [1.165, 1.54) is 12.0 Å². The molecule has 3 nitrogen and oxygen atoms in total. The van der Waals surface area contributed by atoms with Crippen LogP contribution >= 0.6 is 0 Å². The van der Waals surface area contributed by atoms with Gasteiger partial charge in [0.05, 0.1) is 12.6 Å². The summed E-state index contributed by atoms with van der Waals surface area (Å²) in [6.07, 6.45) is 7.08. The highest BCUT2D eigenvalue weighted by atomic mass is 16.5. The third-order valence-electron chi connectivity index (χ3n) is 4.53. The zero-order valence-corrected chi connectivity index (χ0v) is 15.8. The number of aryl methyl sites for hydroxylation is 1. The van der Waals surface area contributed by atoms with Gasteiger partial charge in [0.2, 0.25) is 0 Å². The van der Waals surface area contributed by atoms with Gasteiger partial charge in [-0.3, -0.25) is 0 Å². The molecular formula is C23H31NO2. The fourth-order valence-electron chi connectivity index (χ4n) is 3.00. The maximum absolute atomic E-state index is 12.0. The van der Waals surface area contributed by atoms with Crippen LogP contribution in [0.3, 0.4) is 0 Å². The molecule has 0 spiro atoms. The zero-order chi connectivity index (χ0) is 18.5. The number of amides is 1. The minimum atomic E-state index is -0.309. The summed E-state index contributed by atoms with van der Waals surface area (Å²) in [6, 6.07) is 20.8. The Hall–Kier alpha value is -2.29.